The van der Waals surface area contributed by atoms with Gasteiger partial charge in [0.25, 0.3) is 11.7 Å². The molecule has 0 aliphatic carbocycles. The van der Waals surface area contributed by atoms with Crippen LogP contribution >= 0.6 is 23.2 Å². The topological polar surface area (TPSA) is 48.0 Å². The van der Waals surface area contributed by atoms with Crippen LogP contribution in [0.25, 0.3) is 0 Å². The molecule has 0 N–H and O–H groups in total. The van der Waals surface area contributed by atoms with Crippen LogP contribution in [0.4, 0.5) is 5.69 Å². The van der Waals surface area contributed by atoms with E-state index in [0.717, 1.165) is 17.7 Å². The summed E-state index contributed by atoms with van der Waals surface area (Å²) in [5.41, 5.74) is 2.07. The van der Waals surface area contributed by atoms with Crippen molar-refractivity contribution in [2.24, 2.45) is 0 Å². The number of amides is 1. The van der Waals surface area contributed by atoms with E-state index >= 15 is 0 Å². The van der Waals surface area contributed by atoms with E-state index in [1.165, 1.54) is 0 Å². The van der Waals surface area contributed by atoms with E-state index in [4.69, 9.17) is 37.4 Å². The van der Waals surface area contributed by atoms with Gasteiger partial charge >= 0.3 is 0 Å². The minimum atomic E-state index is -1.44. The average Bonchev–Trinajstić information content (AvgIpc) is 2.89. The van der Waals surface area contributed by atoms with Gasteiger partial charge in [0.1, 0.15) is 5.75 Å². The molecule has 0 bridgehead atoms. The minimum absolute atomic E-state index is 0.285. The number of anilines is 1. The van der Waals surface area contributed by atoms with Crippen molar-refractivity contribution in [2.75, 3.05) is 25.2 Å². The predicted molar refractivity (Wildman–Crippen MR) is 98.8 cm³/mol. The average molecular weight is 394 g/mol. The molecule has 136 valence electrons. The summed E-state index contributed by atoms with van der Waals surface area (Å²) in [5, 5.41) is 0.700. The monoisotopic (exact) mass is 393 g/mol. The molecule has 2 aliphatic rings. The molecule has 0 aromatic heterocycles. The van der Waals surface area contributed by atoms with E-state index < -0.39 is 5.79 Å². The zero-order chi connectivity index (χ0) is 18.3. The van der Waals surface area contributed by atoms with Crippen molar-refractivity contribution in [3.8, 4) is 5.75 Å². The Morgan fingerprint density at radius 2 is 1.81 bits per heavy atom. The maximum Gasteiger partial charge on any atom is 0.292 e. The Labute approximate surface area is 161 Å². The van der Waals surface area contributed by atoms with Crippen LogP contribution in [0.15, 0.2) is 36.4 Å². The highest BCUT2D eigenvalue weighted by Crippen LogP contribution is 2.50. The van der Waals surface area contributed by atoms with Crippen molar-refractivity contribution in [3.63, 3.8) is 0 Å². The number of hydrogen-bond acceptors (Lipinski definition) is 4. The van der Waals surface area contributed by atoms with E-state index in [0.29, 0.717) is 41.1 Å². The molecule has 1 fully saturated rings. The largest absolute Gasteiger partial charge is 0.497 e. The molecule has 0 saturated carbocycles. The summed E-state index contributed by atoms with van der Waals surface area (Å²) < 4.78 is 16.8. The summed E-state index contributed by atoms with van der Waals surface area (Å²) in [6.45, 7) is 1.22. The van der Waals surface area contributed by atoms with Crippen molar-refractivity contribution in [3.05, 3.63) is 57.6 Å². The SMILES string of the molecule is COc1ccc(CN2C(=O)C3(OCCCO3)c3ccc(Cl)c(Cl)c32)cc1. The third-order valence-electron chi connectivity index (χ3n) is 4.62. The maximum absolute atomic E-state index is 13.3. The number of benzene rings is 2. The van der Waals surface area contributed by atoms with Crippen molar-refractivity contribution in [1.82, 2.24) is 0 Å². The summed E-state index contributed by atoms with van der Waals surface area (Å²) in [6, 6.07) is 10.9. The number of carbonyl (C=O) groups is 1. The van der Waals surface area contributed by atoms with Crippen LogP contribution in [0, 0.1) is 0 Å². The number of halogens is 2. The van der Waals surface area contributed by atoms with Crippen LogP contribution < -0.4 is 9.64 Å². The molecule has 0 unspecified atom stereocenters. The quantitative estimate of drug-likeness (QED) is 0.785. The van der Waals surface area contributed by atoms with Crippen LogP contribution in [0.2, 0.25) is 10.0 Å². The Morgan fingerprint density at radius 1 is 1.12 bits per heavy atom. The Bertz CT molecular complexity index is 847. The van der Waals surface area contributed by atoms with Crippen molar-refractivity contribution in [2.45, 2.75) is 18.8 Å². The minimum Gasteiger partial charge on any atom is -0.497 e. The molecule has 1 amide bonds. The molecule has 4 rings (SSSR count). The summed E-state index contributed by atoms with van der Waals surface area (Å²) in [5.74, 6) is -0.973. The van der Waals surface area contributed by atoms with Crippen LogP contribution in [0.3, 0.4) is 0 Å². The number of rotatable bonds is 3. The molecule has 1 saturated heterocycles. The second-order valence-corrected chi connectivity index (χ2v) is 6.95. The Kier molecular flexibility index (Phi) is 4.57. The van der Waals surface area contributed by atoms with Gasteiger partial charge in [-0.25, -0.2) is 0 Å². The van der Waals surface area contributed by atoms with Gasteiger partial charge in [-0.15, -0.1) is 0 Å². The number of methoxy groups -OCH3 is 1. The summed E-state index contributed by atoms with van der Waals surface area (Å²) in [4.78, 5) is 14.9. The molecule has 1 spiro atoms. The van der Waals surface area contributed by atoms with Gasteiger partial charge in [0.15, 0.2) is 0 Å². The Balaban J connectivity index is 1.77. The number of ether oxygens (including phenoxy) is 3. The lowest BCUT2D eigenvalue weighted by Gasteiger charge is -2.32. The first-order chi connectivity index (χ1) is 12.6. The molecule has 2 aliphatic heterocycles. The van der Waals surface area contributed by atoms with Gasteiger partial charge < -0.3 is 19.1 Å². The Morgan fingerprint density at radius 3 is 2.46 bits per heavy atom. The van der Waals surface area contributed by atoms with E-state index in [1.54, 1.807) is 24.1 Å². The molecule has 2 heterocycles. The van der Waals surface area contributed by atoms with Crippen LogP contribution in [-0.2, 0) is 26.6 Å². The normalized spacial score (nSPS) is 18.3. The van der Waals surface area contributed by atoms with Gasteiger partial charge in [-0.2, -0.15) is 0 Å². The van der Waals surface area contributed by atoms with Gasteiger partial charge in [0, 0.05) is 5.56 Å². The van der Waals surface area contributed by atoms with E-state index in [9.17, 15) is 4.79 Å². The molecule has 0 radical (unpaired) electrons. The summed E-state index contributed by atoms with van der Waals surface area (Å²) in [6.07, 6.45) is 0.740. The predicted octanol–water partition coefficient (Wildman–Crippen LogP) is 4.14. The fourth-order valence-corrected chi connectivity index (χ4v) is 3.76. The fraction of sp³-hybridized carbons (Fsp3) is 0.316. The lowest BCUT2D eigenvalue weighted by atomic mass is 10.1. The van der Waals surface area contributed by atoms with Crippen molar-refractivity contribution < 1.29 is 19.0 Å². The third kappa shape index (κ3) is 2.67. The van der Waals surface area contributed by atoms with Crippen LogP contribution in [0.5, 0.6) is 5.75 Å². The zero-order valence-corrected chi connectivity index (χ0v) is 15.6. The number of nitrogens with zero attached hydrogens (tertiary/aromatic N) is 1. The molecule has 7 heteroatoms. The highest BCUT2D eigenvalue weighted by molar-refractivity contribution is 6.44. The Hall–Kier alpha value is -1.79. The lowest BCUT2D eigenvalue weighted by Crippen LogP contribution is -2.47. The number of fused-ring (bicyclic) bond motifs is 2. The summed E-state index contributed by atoms with van der Waals surface area (Å²) in [7, 11) is 1.61. The fourth-order valence-electron chi connectivity index (χ4n) is 3.34. The van der Waals surface area contributed by atoms with E-state index in [1.807, 2.05) is 24.3 Å². The van der Waals surface area contributed by atoms with Gasteiger partial charge in [-0.05, 0) is 36.2 Å². The van der Waals surface area contributed by atoms with Crippen molar-refractivity contribution in [1.29, 1.82) is 0 Å². The second kappa shape index (κ2) is 6.74. The molecular weight excluding hydrogens is 377 g/mol. The first-order valence-corrected chi connectivity index (χ1v) is 9.04. The molecule has 2 aromatic rings. The molecule has 26 heavy (non-hydrogen) atoms. The number of carbonyl (C=O) groups excluding carboxylic acids is 1. The van der Waals surface area contributed by atoms with E-state index in [-0.39, 0.29) is 5.91 Å². The van der Waals surface area contributed by atoms with Gasteiger partial charge in [-0.3, -0.25) is 4.79 Å². The third-order valence-corrected chi connectivity index (χ3v) is 5.41. The first kappa shape index (κ1) is 17.6. The number of hydrogen-bond donors (Lipinski definition) is 0. The maximum atomic E-state index is 13.3. The molecule has 0 atom stereocenters. The summed E-state index contributed by atoms with van der Waals surface area (Å²) >= 11 is 12.7. The standard InChI is InChI=1S/C19H17Cl2NO4/c1-24-13-5-3-12(4-6-13)11-22-17-14(7-8-15(20)16(17)21)19(18(22)23)25-9-2-10-26-19/h3-8H,2,9-11H2,1H3. The van der Waals surface area contributed by atoms with Crippen LogP contribution in [0.1, 0.15) is 17.5 Å². The van der Waals surface area contributed by atoms with Crippen LogP contribution in [-0.4, -0.2) is 26.2 Å². The molecular formula is C19H17Cl2NO4. The molecule has 2 aromatic carbocycles. The molecule has 5 nitrogen and oxygen atoms in total. The second-order valence-electron chi connectivity index (χ2n) is 6.16. The zero-order valence-electron chi connectivity index (χ0n) is 14.1. The highest BCUT2D eigenvalue weighted by Gasteiger charge is 2.55. The highest BCUT2D eigenvalue weighted by atomic mass is 35.5. The van der Waals surface area contributed by atoms with Gasteiger partial charge in [0.2, 0.25) is 0 Å². The van der Waals surface area contributed by atoms with Crippen molar-refractivity contribution >= 4 is 34.8 Å². The van der Waals surface area contributed by atoms with Gasteiger partial charge in [0.05, 0.1) is 42.6 Å². The smallest absolute Gasteiger partial charge is 0.292 e. The first-order valence-electron chi connectivity index (χ1n) is 8.28. The van der Waals surface area contributed by atoms with Gasteiger partial charge in [-0.1, -0.05) is 35.3 Å². The lowest BCUT2D eigenvalue weighted by molar-refractivity contribution is -0.256. The van der Waals surface area contributed by atoms with E-state index in [2.05, 4.69) is 0 Å².